The first-order chi connectivity index (χ1) is 8.33. The minimum Gasteiger partial charge on any atom is -0.373 e. The van der Waals surface area contributed by atoms with Crippen molar-refractivity contribution in [2.75, 3.05) is 13.2 Å². The Hall–Kier alpha value is -1.37. The maximum absolute atomic E-state index is 8.73. The van der Waals surface area contributed by atoms with Crippen molar-refractivity contribution >= 4 is 0 Å². The molecule has 1 aliphatic heterocycles. The van der Waals surface area contributed by atoms with E-state index in [0.29, 0.717) is 18.8 Å². The van der Waals surface area contributed by atoms with E-state index in [1.54, 1.807) is 0 Å². The predicted molar refractivity (Wildman–Crippen MR) is 64.5 cm³/mol. The fourth-order valence-corrected chi connectivity index (χ4v) is 2.00. The van der Waals surface area contributed by atoms with Crippen LogP contribution in [0.25, 0.3) is 0 Å². The van der Waals surface area contributed by atoms with Crippen molar-refractivity contribution in [2.45, 2.75) is 32.0 Å². The molecular formula is C14H17NO2. The molecule has 1 aromatic rings. The molecule has 0 aliphatic carbocycles. The number of rotatable bonds is 3. The number of benzene rings is 1. The molecule has 3 heteroatoms. The van der Waals surface area contributed by atoms with Gasteiger partial charge in [0.1, 0.15) is 6.10 Å². The van der Waals surface area contributed by atoms with E-state index in [2.05, 4.69) is 13.0 Å². The molecule has 1 aliphatic rings. The highest BCUT2D eigenvalue weighted by atomic mass is 16.6. The van der Waals surface area contributed by atoms with E-state index < -0.39 is 0 Å². The second-order valence-electron chi connectivity index (χ2n) is 4.30. The predicted octanol–water partition coefficient (Wildman–Crippen LogP) is 2.81. The molecule has 17 heavy (non-hydrogen) atoms. The normalized spacial score (nSPS) is 24.2. The minimum atomic E-state index is 0.0100. The second-order valence-corrected chi connectivity index (χ2v) is 4.30. The molecule has 3 nitrogen and oxygen atoms in total. The smallest absolute Gasteiger partial charge is 0.106 e. The van der Waals surface area contributed by atoms with Crippen molar-refractivity contribution in [3.8, 4) is 6.07 Å². The summed E-state index contributed by atoms with van der Waals surface area (Å²) in [6.07, 6.45) is 2.43. The van der Waals surface area contributed by atoms with Crippen molar-refractivity contribution in [1.29, 1.82) is 5.26 Å². The fraction of sp³-hybridized carbons (Fsp3) is 0.500. The number of ether oxygens (including phenoxy) is 2. The quantitative estimate of drug-likeness (QED) is 0.803. The zero-order valence-electron chi connectivity index (χ0n) is 10.1. The summed E-state index contributed by atoms with van der Waals surface area (Å²) in [5.74, 6) is 0. The third kappa shape index (κ3) is 3.06. The van der Waals surface area contributed by atoms with Crippen LogP contribution in [-0.4, -0.2) is 19.3 Å². The van der Waals surface area contributed by atoms with Crippen LogP contribution in [0.1, 0.15) is 37.0 Å². The molecule has 1 saturated heterocycles. The lowest BCUT2D eigenvalue weighted by Gasteiger charge is -2.29. The lowest BCUT2D eigenvalue weighted by atomic mass is 10.1. The summed E-state index contributed by atoms with van der Waals surface area (Å²) in [7, 11) is 0. The summed E-state index contributed by atoms with van der Waals surface area (Å²) in [6.45, 7) is 3.42. The van der Waals surface area contributed by atoms with Gasteiger partial charge in [0.15, 0.2) is 0 Å². The van der Waals surface area contributed by atoms with Gasteiger partial charge in [-0.25, -0.2) is 0 Å². The number of hydrogen-bond donors (Lipinski definition) is 0. The Labute approximate surface area is 102 Å². The molecule has 0 bridgehead atoms. The van der Waals surface area contributed by atoms with Crippen LogP contribution in [0.2, 0.25) is 0 Å². The summed E-state index contributed by atoms with van der Waals surface area (Å²) in [4.78, 5) is 0. The first kappa shape index (κ1) is 12.1. The van der Waals surface area contributed by atoms with Crippen LogP contribution in [0.3, 0.4) is 0 Å². The fourth-order valence-electron chi connectivity index (χ4n) is 2.00. The van der Waals surface area contributed by atoms with E-state index in [4.69, 9.17) is 14.7 Å². The van der Waals surface area contributed by atoms with Gasteiger partial charge in [0.25, 0.3) is 0 Å². The van der Waals surface area contributed by atoms with E-state index in [1.165, 1.54) is 0 Å². The molecule has 0 aromatic heterocycles. The lowest BCUT2D eigenvalue weighted by molar-refractivity contribution is -0.137. The van der Waals surface area contributed by atoms with Crippen LogP contribution >= 0.6 is 0 Å². The molecule has 0 saturated carbocycles. The SMILES string of the molecule is CCC[C@H]1CO[C@H](c2ccc(C#N)cc2)CO1. The standard InChI is InChI=1S/C14H17NO2/c1-2-3-13-9-17-14(10-16-13)12-6-4-11(8-15)5-7-12/h4-7,13-14H,2-3,9-10H2,1H3/t13-,14-/m0/s1. The van der Waals surface area contributed by atoms with Gasteiger partial charge in [0.2, 0.25) is 0 Å². The van der Waals surface area contributed by atoms with Crippen LogP contribution in [0.4, 0.5) is 0 Å². The van der Waals surface area contributed by atoms with Gasteiger partial charge in [-0.1, -0.05) is 25.5 Å². The molecule has 0 unspecified atom stereocenters. The highest BCUT2D eigenvalue weighted by molar-refractivity contribution is 5.32. The highest BCUT2D eigenvalue weighted by Gasteiger charge is 2.22. The van der Waals surface area contributed by atoms with Gasteiger partial charge in [-0.05, 0) is 24.1 Å². The molecule has 0 spiro atoms. The Morgan fingerprint density at radius 1 is 1.24 bits per heavy atom. The van der Waals surface area contributed by atoms with E-state index in [0.717, 1.165) is 18.4 Å². The summed E-state index contributed by atoms with van der Waals surface area (Å²) < 4.78 is 11.5. The Kier molecular flexibility index (Phi) is 4.13. The van der Waals surface area contributed by atoms with Gasteiger partial charge < -0.3 is 9.47 Å². The van der Waals surface area contributed by atoms with Gasteiger partial charge in [0, 0.05) is 0 Å². The van der Waals surface area contributed by atoms with Crippen molar-refractivity contribution in [3.63, 3.8) is 0 Å². The molecule has 90 valence electrons. The van der Waals surface area contributed by atoms with Crippen molar-refractivity contribution in [2.24, 2.45) is 0 Å². The van der Waals surface area contributed by atoms with Gasteiger partial charge in [-0.3, -0.25) is 0 Å². The minimum absolute atomic E-state index is 0.0100. The largest absolute Gasteiger partial charge is 0.373 e. The third-order valence-electron chi connectivity index (χ3n) is 2.99. The first-order valence-electron chi connectivity index (χ1n) is 6.06. The van der Waals surface area contributed by atoms with Crippen molar-refractivity contribution in [1.82, 2.24) is 0 Å². The molecule has 2 rings (SSSR count). The zero-order chi connectivity index (χ0) is 12.1. The monoisotopic (exact) mass is 231 g/mol. The van der Waals surface area contributed by atoms with Crippen molar-refractivity contribution in [3.05, 3.63) is 35.4 Å². The summed E-state index contributed by atoms with van der Waals surface area (Å²) in [6, 6.07) is 9.62. The Morgan fingerprint density at radius 2 is 2.00 bits per heavy atom. The molecule has 0 amide bonds. The van der Waals surface area contributed by atoms with Crippen LogP contribution in [0.15, 0.2) is 24.3 Å². The Balaban J connectivity index is 1.94. The molecule has 1 aromatic carbocycles. The van der Waals surface area contributed by atoms with Crippen LogP contribution in [0, 0.1) is 11.3 Å². The highest BCUT2D eigenvalue weighted by Crippen LogP contribution is 2.24. The van der Waals surface area contributed by atoms with Crippen molar-refractivity contribution < 1.29 is 9.47 Å². The Morgan fingerprint density at radius 3 is 2.53 bits per heavy atom. The van der Waals surface area contributed by atoms with E-state index in [9.17, 15) is 0 Å². The third-order valence-corrected chi connectivity index (χ3v) is 2.99. The summed E-state index contributed by atoms with van der Waals surface area (Å²) in [5.41, 5.74) is 1.76. The first-order valence-corrected chi connectivity index (χ1v) is 6.06. The zero-order valence-corrected chi connectivity index (χ0v) is 10.1. The average Bonchev–Trinajstić information content (AvgIpc) is 2.40. The van der Waals surface area contributed by atoms with E-state index in [-0.39, 0.29) is 12.2 Å². The van der Waals surface area contributed by atoms with Crippen LogP contribution < -0.4 is 0 Å². The molecule has 1 fully saturated rings. The summed E-state index contributed by atoms with van der Waals surface area (Å²) >= 11 is 0. The molecule has 0 radical (unpaired) electrons. The second kappa shape index (κ2) is 5.81. The van der Waals surface area contributed by atoms with Crippen LogP contribution in [0.5, 0.6) is 0 Å². The maximum atomic E-state index is 8.73. The number of nitrogens with zero attached hydrogens (tertiary/aromatic N) is 1. The molecular weight excluding hydrogens is 214 g/mol. The van der Waals surface area contributed by atoms with Crippen LogP contribution in [-0.2, 0) is 9.47 Å². The topological polar surface area (TPSA) is 42.2 Å². The maximum Gasteiger partial charge on any atom is 0.106 e. The summed E-state index contributed by atoms with van der Waals surface area (Å²) in [5, 5.41) is 8.73. The molecule has 0 N–H and O–H groups in total. The van der Waals surface area contributed by atoms with E-state index in [1.807, 2.05) is 24.3 Å². The molecule has 1 heterocycles. The molecule has 2 atom stereocenters. The van der Waals surface area contributed by atoms with Gasteiger partial charge in [0.05, 0.1) is 31.0 Å². The average molecular weight is 231 g/mol. The van der Waals surface area contributed by atoms with Gasteiger partial charge in [-0.2, -0.15) is 5.26 Å². The Bertz CT molecular complexity index is 386. The number of hydrogen-bond acceptors (Lipinski definition) is 3. The van der Waals surface area contributed by atoms with E-state index >= 15 is 0 Å². The van der Waals surface area contributed by atoms with Gasteiger partial charge >= 0.3 is 0 Å². The number of nitriles is 1. The van der Waals surface area contributed by atoms with Gasteiger partial charge in [-0.15, -0.1) is 0 Å². The lowest BCUT2D eigenvalue weighted by Crippen LogP contribution is -2.30.